The van der Waals surface area contributed by atoms with Crippen LogP contribution in [0.4, 0.5) is 0 Å². The van der Waals surface area contributed by atoms with E-state index in [1.54, 1.807) is 0 Å². The fourth-order valence-corrected chi connectivity index (χ4v) is 5.14. The van der Waals surface area contributed by atoms with Gasteiger partial charge in [-0.1, -0.05) is 37.3 Å². The maximum absolute atomic E-state index is 6.19. The van der Waals surface area contributed by atoms with Gasteiger partial charge in [0.2, 0.25) is 0 Å². The van der Waals surface area contributed by atoms with Crippen molar-refractivity contribution >= 4 is 29.9 Å². The van der Waals surface area contributed by atoms with Crippen molar-refractivity contribution in [2.45, 2.75) is 32.5 Å². The molecule has 4 rings (SSSR count). The number of likely N-dealkylation sites (tertiary alicyclic amines) is 1. The third-order valence-electron chi connectivity index (χ3n) is 7.00. The zero-order chi connectivity index (χ0) is 22.3. The molecule has 3 aliphatic rings. The van der Waals surface area contributed by atoms with Crippen molar-refractivity contribution in [1.82, 2.24) is 24.9 Å². The molecule has 0 aromatic heterocycles. The zero-order valence-corrected chi connectivity index (χ0v) is 23.0. The lowest BCUT2D eigenvalue weighted by atomic mass is 10.1. The zero-order valence-electron chi connectivity index (χ0n) is 20.7. The molecule has 186 valence electrons. The van der Waals surface area contributed by atoms with Gasteiger partial charge in [-0.15, -0.1) is 24.0 Å². The third-order valence-corrected chi connectivity index (χ3v) is 7.00. The maximum Gasteiger partial charge on any atom is 0.194 e. The number of ether oxygens (including phenoxy) is 1. The van der Waals surface area contributed by atoms with Crippen LogP contribution in [0.2, 0.25) is 0 Å². The lowest BCUT2D eigenvalue weighted by molar-refractivity contribution is -0.0502. The van der Waals surface area contributed by atoms with Gasteiger partial charge >= 0.3 is 0 Å². The molecule has 3 unspecified atom stereocenters. The normalized spacial score (nSPS) is 26.0. The van der Waals surface area contributed by atoms with Crippen molar-refractivity contribution in [3.8, 4) is 0 Å². The number of nitrogens with one attached hydrogen (secondary N) is 1. The van der Waals surface area contributed by atoms with E-state index in [1.165, 1.54) is 31.7 Å². The van der Waals surface area contributed by atoms with Gasteiger partial charge in [0.15, 0.2) is 5.96 Å². The number of guanidine groups is 1. The summed E-state index contributed by atoms with van der Waals surface area (Å²) in [6.07, 6.45) is 0.263. The molecule has 0 spiro atoms. The Morgan fingerprint density at radius 3 is 2.61 bits per heavy atom. The van der Waals surface area contributed by atoms with Gasteiger partial charge in [-0.05, 0) is 25.5 Å². The summed E-state index contributed by atoms with van der Waals surface area (Å²) in [6, 6.07) is 11.2. The molecular weight excluding hydrogens is 527 g/mol. The molecule has 0 saturated carbocycles. The first-order valence-electron chi connectivity index (χ1n) is 12.5. The number of rotatable bonds is 7. The van der Waals surface area contributed by atoms with Gasteiger partial charge in [0, 0.05) is 72.0 Å². The van der Waals surface area contributed by atoms with Gasteiger partial charge in [0.1, 0.15) is 0 Å². The summed E-state index contributed by atoms with van der Waals surface area (Å²) in [6.45, 7) is 16.8. The largest absolute Gasteiger partial charge is 0.373 e. The molecule has 1 N–H and O–H groups in total. The van der Waals surface area contributed by atoms with Crippen LogP contribution in [0.25, 0.3) is 0 Å². The van der Waals surface area contributed by atoms with Crippen molar-refractivity contribution in [1.29, 1.82) is 0 Å². The van der Waals surface area contributed by atoms with E-state index in [-0.39, 0.29) is 30.1 Å². The van der Waals surface area contributed by atoms with Gasteiger partial charge < -0.3 is 24.8 Å². The van der Waals surface area contributed by atoms with Crippen LogP contribution in [-0.4, -0.2) is 117 Å². The van der Waals surface area contributed by atoms with Gasteiger partial charge in [-0.2, -0.15) is 0 Å². The molecule has 3 atom stereocenters. The minimum atomic E-state index is 0. The quantitative estimate of drug-likeness (QED) is 0.308. The summed E-state index contributed by atoms with van der Waals surface area (Å²) in [5.41, 5.74) is 1.38. The topological polar surface area (TPSA) is 46.6 Å². The molecule has 33 heavy (non-hydrogen) atoms. The number of halogens is 1. The number of hydrogen-bond acceptors (Lipinski definition) is 5. The molecule has 3 heterocycles. The van der Waals surface area contributed by atoms with Gasteiger partial charge in [0.25, 0.3) is 0 Å². The Morgan fingerprint density at radius 1 is 1.12 bits per heavy atom. The standard InChI is InChI=1S/C25H42N6O.HI/c1-4-26-25(27-16-21(2)17-29-12-10-28(3)11-13-29)31-19-23-24(20-31)32-15-14-30(23)18-22-8-6-5-7-9-22;/h5-9,21,23-24H,4,10-20H2,1-3H3,(H,26,27);1H. The third kappa shape index (κ3) is 7.52. The van der Waals surface area contributed by atoms with Crippen LogP contribution in [0, 0.1) is 5.92 Å². The monoisotopic (exact) mass is 570 g/mol. The molecule has 8 heteroatoms. The summed E-state index contributed by atoms with van der Waals surface area (Å²) < 4.78 is 6.19. The van der Waals surface area contributed by atoms with Crippen LogP contribution >= 0.6 is 24.0 Å². The van der Waals surface area contributed by atoms with E-state index in [1.807, 2.05) is 0 Å². The summed E-state index contributed by atoms with van der Waals surface area (Å²) >= 11 is 0. The lowest BCUT2D eigenvalue weighted by Crippen LogP contribution is -2.50. The van der Waals surface area contributed by atoms with Crippen molar-refractivity contribution in [3.05, 3.63) is 35.9 Å². The fourth-order valence-electron chi connectivity index (χ4n) is 5.14. The average molecular weight is 571 g/mol. The summed E-state index contributed by atoms with van der Waals surface area (Å²) in [7, 11) is 2.21. The van der Waals surface area contributed by atoms with E-state index in [4.69, 9.17) is 9.73 Å². The van der Waals surface area contributed by atoms with Crippen molar-refractivity contribution in [2.75, 3.05) is 79.1 Å². The van der Waals surface area contributed by atoms with E-state index >= 15 is 0 Å². The van der Waals surface area contributed by atoms with Crippen molar-refractivity contribution in [2.24, 2.45) is 10.9 Å². The second-order valence-electron chi connectivity index (χ2n) is 9.74. The number of likely N-dealkylation sites (N-methyl/N-ethyl adjacent to an activating group) is 1. The lowest BCUT2D eigenvalue weighted by Gasteiger charge is -2.36. The van der Waals surface area contributed by atoms with E-state index in [2.05, 4.69) is 76.1 Å². The van der Waals surface area contributed by atoms with Crippen molar-refractivity contribution in [3.63, 3.8) is 0 Å². The summed E-state index contributed by atoms with van der Waals surface area (Å²) in [5.74, 6) is 1.61. The van der Waals surface area contributed by atoms with E-state index in [0.717, 1.165) is 58.4 Å². The molecule has 3 fully saturated rings. The maximum atomic E-state index is 6.19. The number of piperazine rings is 1. The first kappa shape index (κ1) is 26.7. The molecule has 0 radical (unpaired) electrons. The number of aliphatic imine (C=N–C) groups is 1. The molecule has 0 aliphatic carbocycles. The molecule has 7 nitrogen and oxygen atoms in total. The Labute approximate surface area is 217 Å². The second kappa shape index (κ2) is 13.2. The number of benzene rings is 1. The summed E-state index contributed by atoms with van der Waals surface area (Å²) in [5, 5.41) is 3.55. The molecule has 1 aromatic rings. The van der Waals surface area contributed by atoms with Crippen LogP contribution < -0.4 is 5.32 Å². The predicted octanol–water partition coefficient (Wildman–Crippen LogP) is 2.04. The number of nitrogens with zero attached hydrogens (tertiary/aromatic N) is 5. The van der Waals surface area contributed by atoms with E-state index < -0.39 is 0 Å². The Balaban J connectivity index is 0.00000306. The minimum Gasteiger partial charge on any atom is -0.373 e. The predicted molar refractivity (Wildman–Crippen MR) is 146 cm³/mol. The first-order valence-corrected chi connectivity index (χ1v) is 12.5. The summed E-state index contributed by atoms with van der Waals surface area (Å²) in [4.78, 5) is 15.1. The Kier molecular flexibility index (Phi) is 10.7. The fraction of sp³-hybridized carbons (Fsp3) is 0.720. The first-order chi connectivity index (χ1) is 15.6. The molecule has 1 aromatic carbocycles. The highest BCUT2D eigenvalue weighted by atomic mass is 127. The number of morpholine rings is 1. The van der Waals surface area contributed by atoms with Crippen molar-refractivity contribution < 1.29 is 4.74 Å². The molecule has 0 bridgehead atoms. The molecule has 0 amide bonds. The second-order valence-corrected chi connectivity index (χ2v) is 9.74. The van der Waals surface area contributed by atoms with Gasteiger partial charge in [-0.25, -0.2) is 0 Å². The molecule has 3 saturated heterocycles. The van der Waals surface area contributed by atoms with Gasteiger partial charge in [0.05, 0.1) is 18.8 Å². The average Bonchev–Trinajstić information content (AvgIpc) is 3.24. The smallest absolute Gasteiger partial charge is 0.194 e. The van der Waals surface area contributed by atoms with E-state index in [9.17, 15) is 0 Å². The van der Waals surface area contributed by atoms with Crippen LogP contribution in [-0.2, 0) is 11.3 Å². The Morgan fingerprint density at radius 2 is 1.88 bits per heavy atom. The highest BCUT2D eigenvalue weighted by molar-refractivity contribution is 14.0. The number of fused-ring (bicyclic) bond motifs is 1. The minimum absolute atomic E-state index is 0. The molecular formula is C25H43IN6O. The Bertz CT molecular complexity index is 727. The Hall–Kier alpha value is -0.940. The van der Waals surface area contributed by atoms with Crippen LogP contribution in [0.1, 0.15) is 19.4 Å². The van der Waals surface area contributed by atoms with Gasteiger partial charge in [-0.3, -0.25) is 9.89 Å². The van der Waals surface area contributed by atoms with E-state index in [0.29, 0.717) is 12.0 Å². The highest BCUT2D eigenvalue weighted by Gasteiger charge is 2.41. The SMILES string of the molecule is CCNC(=NCC(C)CN1CCN(C)CC1)N1CC2OCCN(Cc3ccccc3)C2C1.I. The van der Waals surface area contributed by atoms with Crippen LogP contribution in [0.3, 0.4) is 0 Å². The molecule has 3 aliphatic heterocycles. The van der Waals surface area contributed by atoms with Crippen LogP contribution in [0.15, 0.2) is 35.3 Å². The highest BCUT2D eigenvalue weighted by Crippen LogP contribution is 2.24. The number of hydrogen-bond donors (Lipinski definition) is 1. The van der Waals surface area contributed by atoms with Crippen LogP contribution in [0.5, 0.6) is 0 Å².